The third-order valence-corrected chi connectivity index (χ3v) is 3.49. The van der Waals surface area contributed by atoms with E-state index in [2.05, 4.69) is 41.7 Å². The molecule has 0 aliphatic rings. The first-order valence-electron chi connectivity index (χ1n) is 5.48. The largest absolute Gasteiger partial charge is 0.325 e. The predicted octanol–water partition coefficient (Wildman–Crippen LogP) is 2.01. The number of carbonyl (C=O) groups excluding carboxylic acids is 2. The van der Waals surface area contributed by atoms with Gasteiger partial charge in [0.05, 0.1) is 5.75 Å². The van der Waals surface area contributed by atoms with E-state index in [9.17, 15) is 9.59 Å². The number of hydrogen-bond donors (Lipinski definition) is 3. The molecule has 0 fully saturated rings. The predicted molar refractivity (Wildman–Crippen MR) is 78.4 cm³/mol. The van der Waals surface area contributed by atoms with Crippen molar-refractivity contribution in [3.63, 3.8) is 0 Å². The summed E-state index contributed by atoms with van der Waals surface area (Å²) >= 11 is 4.45. The van der Waals surface area contributed by atoms with Crippen LogP contribution in [-0.4, -0.2) is 32.9 Å². The van der Waals surface area contributed by atoms with Gasteiger partial charge >= 0.3 is 6.03 Å². The van der Waals surface area contributed by atoms with E-state index >= 15 is 0 Å². The lowest BCUT2D eigenvalue weighted by Gasteiger charge is -2.06. The van der Waals surface area contributed by atoms with Crippen LogP contribution in [0.2, 0.25) is 0 Å². The third-order valence-electron chi connectivity index (χ3n) is 2.09. The van der Waals surface area contributed by atoms with Gasteiger partial charge in [0.15, 0.2) is 5.16 Å². The second-order valence-electron chi connectivity index (χ2n) is 3.59. The highest BCUT2D eigenvalue weighted by molar-refractivity contribution is 9.10. The Bertz CT molecular complexity index is 587. The Balaban J connectivity index is 1.76. The summed E-state index contributed by atoms with van der Waals surface area (Å²) in [6, 6.07) is 6.44. The number of nitrogens with zero attached hydrogens (tertiary/aromatic N) is 2. The second kappa shape index (κ2) is 7.06. The van der Waals surface area contributed by atoms with Gasteiger partial charge in [0.25, 0.3) is 0 Å². The number of aromatic amines is 1. The first-order valence-corrected chi connectivity index (χ1v) is 7.26. The number of anilines is 1. The van der Waals surface area contributed by atoms with E-state index < -0.39 is 11.9 Å². The monoisotopic (exact) mass is 355 g/mol. The van der Waals surface area contributed by atoms with Crippen LogP contribution in [-0.2, 0) is 4.79 Å². The Morgan fingerprint density at radius 1 is 1.30 bits per heavy atom. The molecule has 0 saturated heterocycles. The Morgan fingerprint density at radius 2 is 2.05 bits per heavy atom. The number of amides is 3. The molecule has 3 N–H and O–H groups in total. The van der Waals surface area contributed by atoms with Crippen LogP contribution in [0.15, 0.2) is 40.2 Å². The van der Waals surface area contributed by atoms with Crippen molar-refractivity contribution in [1.82, 2.24) is 20.5 Å². The molecule has 104 valence electrons. The van der Waals surface area contributed by atoms with E-state index in [4.69, 9.17) is 0 Å². The quantitative estimate of drug-likeness (QED) is 0.728. The number of aromatic nitrogens is 3. The number of H-pyrrole nitrogens is 1. The van der Waals surface area contributed by atoms with Gasteiger partial charge in [0.1, 0.15) is 6.33 Å². The zero-order valence-electron chi connectivity index (χ0n) is 10.1. The molecule has 0 radical (unpaired) electrons. The molecule has 1 aromatic carbocycles. The molecule has 2 aromatic rings. The van der Waals surface area contributed by atoms with Gasteiger partial charge in [-0.25, -0.2) is 9.78 Å². The number of thioether (sulfide) groups is 1. The fourth-order valence-electron chi connectivity index (χ4n) is 1.26. The van der Waals surface area contributed by atoms with Crippen molar-refractivity contribution in [3.05, 3.63) is 35.1 Å². The molecule has 0 aliphatic heterocycles. The summed E-state index contributed by atoms with van der Waals surface area (Å²) < 4.78 is 0.906. The number of urea groups is 1. The van der Waals surface area contributed by atoms with Gasteiger partial charge in [-0.1, -0.05) is 27.7 Å². The number of imide groups is 1. The molecule has 7 nitrogen and oxygen atoms in total. The molecule has 0 saturated carbocycles. The summed E-state index contributed by atoms with van der Waals surface area (Å²) in [5.41, 5.74) is 0.599. The molecule has 3 amide bonds. The molecule has 0 spiro atoms. The average Bonchev–Trinajstić information content (AvgIpc) is 2.92. The summed E-state index contributed by atoms with van der Waals surface area (Å²) in [5.74, 6) is -0.343. The van der Waals surface area contributed by atoms with Crippen LogP contribution >= 0.6 is 27.7 Å². The molecule has 0 atom stereocenters. The molecule has 2 rings (SSSR count). The van der Waals surface area contributed by atoms with Crippen LogP contribution in [0, 0.1) is 0 Å². The average molecular weight is 356 g/mol. The lowest BCUT2D eigenvalue weighted by molar-refractivity contribution is -0.117. The summed E-state index contributed by atoms with van der Waals surface area (Å²) in [5, 5.41) is 11.6. The molecular weight excluding hydrogens is 346 g/mol. The van der Waals surface area contributed by atoms with Crippen LogP contribution in [0.25, 0.3) is 0 Å². The van der Waals surface area contributed by atoms with Crippen LogP contribution in [0.5, 0.6) is 0 Å². The van der Waals surface area contributed by atoms with E-state index in [1.165, 1.54) is 6.33 Å². The van der Waals surface area contributed by atoms with Crippen molar-refractivity contribution >= 4 is 45.3 Å². The van der Waals surface area contributed by atoms with Crippen molar-refractivity contribution in [2.45, 2.75) is 5.16 Å². The zero-order chi connectivity index (χ0) is 14.4. The van der Waals surface area contributed by atoms with Gasteiger partial charge in [-0.05, 0) is 24.3 Å². The van der Waals surface area contributed by atoms with Crippen LogP contribution in [0.1, 0.15) is 0 Å². The van der Waals surface area contributed by atoms with Gasteiger partial charge in [0.2, 0.25) is 5.91 Å². The maximum Gasteiger partial charge on any atom is 0.325 e. The van der Waals surface area contributed by atoms with Crippen molar-refractivity contribution in [3.8, 4) is 0 Å². The molecule has 0 bridgehead atoms. The Hall–Kier alpha value is -1.87. The topological polar surface area (TPSA) is 99.8 Å². The summed E-state index contributed by atoms with van der Waals surface area (Å²) in [6.45, 7) is 0. The minimum atomic E-state index is -0.574. The number of nitrogens with one attached hydrogen (secondary N) is 3. The van der Waals surface area contributed by atoms with Gasteiger partial charge < -0.3 is 5.32 Å². The summed E-state index contributed by atoms with van der Waals surface area (Å²) in [6.07, 6.45) is 1.35. The summed E-state index contributed by atoms with van der Waals surface area (Å²) in [7, 11) is 0. The van der Waals surface area contributed by atoms with Gasteiger partial charge in [-0.2, -0.15) is 5.10 Å². The Labute approximate surface area is 127 Å². The van der Waals surface area contributed by atoms with Crippen molar-refractivity contribution < 1.29 is 9.59 Å². The zero-order valence-corrected chi connectivity index (χ0v) is 12.5. The molecular formula is C11H10BrN5O2S. The van der Waals surface area contributed by atoms with Crippen molar-refractivity contribution in [2.75, 3.05) is 11.1 Å². The second-order valence-corrected chi connectivity index (χ2v) is 5.47. The van der Waals surface area contributed by atoms with Crippen molar-refractivity contribution in [1.29, 1.82) is 0 Å². The standard InChI is InChI=1S/C11H10BrN5O2S/c12-7-1-3-8(4-2-7)15-10(19)16-9(18)5-20-11-13-6-14-17-11/h1-4,6H,5H2,(H,13,14,17)(H2,15,16,18,19). The number of halogens is 1. The normalized spacial score (nSPS) is 10.1. The minimum Gasteiger partial charge on any atom is -0.308 e. The van der Waals surface area contributed by atoms with E-state index in [0.29, 0.717) is 10.8 Å². The van der Waals surface area contributed by atoms with Crippen LogP contribution < -0.4 is 10.6 Å². The molecule has 1 aromatic heterocycles. The number of carbonyl (C=O) groups is 2. The molecule has 9 heteroatoms. The van der Waals surface area contributed by atoms with Gasteiger partial charge in [0, 0.05) is 10.2 Å². The fraction of sp³-hybridized carbons (Fsp3) is 0.0909. The van der Waals surface area contributed by atoms with E-state index in [-0.39, 0.29) is 5.75 Å². The van der Waals surface area contributed by atoms with E-state index in [0.717, 1.165) is 16.2 Å². The van der Waals surface area contributed by atoms with E-state index in [1.54, 1.807) is 24.3 Å². The lowest BCUT2D eigenvalue weighted by atomic mass is 10.3. The lowest BCUT2D eigenvalue weighted by Crippen LogP contribution is -2.35. The van der Waals surface area contributed by atoms with Gasteiger partial charge in [-0.3, -0.25) is 15.2 Å². The molecule has 0 unspecified atom stereocenters. The van der Waals surface area contributed by atoms with Crippen LogP contribution in [0.3, 0.4) is 0 Å². The third kappa shape index (κ3) is 4.67. The maximum atomic E-state index is 11.6. The smallest absolute Gasteiger partial charge is 0.308 e. The first-order chi connectivity index (χ1) is 9.63. The number of rotatable bonds is 4. The number of benzene rings is 1. The highest BCUT2D eigenvalue weighted by Gasteiger charge is 2.09. The Kier molecular flexibility index (Phi) is 5.13. The number of hydrogen-bond acceptors (Lipinski definition) is 5. The highest BCUT2D eigenvalue weighted by atomic mass is 79.9. The minimum absolute atomic E-state index is 0.0724. The fourth-order valence-corrected chi connectivity index (χ4v) is 2.10. The molecule has 0 aliphatic carbocycles. The maximum absolute atomic E-state index is 11.6. The SMILES string of the molecule is O=C(CSc1ncn[nH]1)NC(=O)Nc1ccc(Br)cc1. The molecule has 20 heavy (non-hydrogen) atoms. The van der Waals surface area contributed by atoms with E-state index in [1.807, 2.05) is 0 Å². The van der Waals surface area contributed by atoms with Gasteiger partial charge in [-0.15, -0.1) is 0 Å². The van der Waals surface area contributed by atoms with Crippen LogP contribution in [0.4, 0.5) is 10.5 Å². The highest BCUT2D eigenvalue weighted by Crippen LogP contribution is 2.14. The summed E-state index contributed by atoms with van der Waals surface area (Å²) in [4.78, 5) is 27.0. The van der Waals surface area contributed by atoms with Crippen molar-refractivity contribution in [2.24, 2.45) is 0 Å². The first kappa shape index (κ1) is 14.5. The molecule has 1 heterocycles. The Morgan fingerprint density at radius 3 is 2.70 bits per heavy atom.